The molecule has 0 bridgehead atoms. The van der Waals surface area contributed by atoms with Crippen molar-refractivity contribution >= 4 is 17.3 Å². The Kier molecular flexibility index (Phi) is 4.23. The van der Waals surface area contributed by atoms with Crippen LogP contribution in [0, 0.1) is 5.92 Å². The molecule has 2 unspecified atom stereocenters. The van der Waals surface area contributed by atoms with E-state index in [9.17, 15) is 0 Å². The van der Waals surface area contributed by atoms with Gasteiger partial charge in [0.05, 0.1) is 24.9 Å². The van der Waals surface area contributed by atoms with Gasteiger partial charge in [0.1, 0.15) is 0 Å². The normalized spacial score (nSPS) is 22.9. The van der Waals surface area contributed by atoms with E-state index in [1.54, 1.807) is 20.3 Å². The fourth-order valence-corrected chi connectivity index (χ4v) is 2.73. The van der Waals surface area contributed by atoms with E-state index in [0.717, 1.165) is 5.69 Å². The van der Waals surface area contributed by atoms with Crippen molar-refractivity contribution in [2.75, 3.05) is 19.5 Å². The smallest absolute Gasteiger partial charge is 0.162 e. The van der Waals surface area contributed by atoms with E-state index < -0.39 is 0 Å². The van der Waals surface area contributed by atoms with Crippen LogP contribution in [-0.4, -0.2) is 20.3 Å². The van der Waals surface area contributed by atoms with E-state index in [1.165, 1.54) is 19.3 Å². The summed E-state index contributed by atoms with van der Waals surface area (Å²) >= 11 is 6.27. The Hall–Kier alpha value is -1.09. The van der Waals surface area contributed by atoms with E-state index in [-0.39, 0.29) is 0 Å². The van der Waals surface area contributed by atoms with Crippen LogP contribution in [-0.2, 0) is 0 Å². The zero-order valence-electron chi connectivity index (χ0n) is 11.1. The van der Waals surface area contributed by atoms with Crippen molar-refractivity contribution in [3.63, 3.8) is 0 Å². The Morgan fingerprint density at radius 2 is 1.83 bits per heavy atom. The van der Waals surface area contributed by atoms with Crippen LogP contribution in [0.5, 0.6) is 11.5 Å². The lowest BCUT2D eigenvalue weighted by molar-refractivity contribution is 0.355. The van der Waals surface area contributed by atoms with E-state index in [0.29, 0.717) is 28.5 Å². The monoisotopic (exact) mass is 269 g/mol. The predicted octanol–water partition coefficient (Wildman–Crippen LogP) is 3.96. The van der Waals surface area contributed by atoms with Gasteiger partial charge in [-0.3, -0.25) is 0 Å². The van der Waals surface area contributed by atoms with Gasteiger partial charge in [0.15, 0.2) is 11.5 Å². The number of hydrogen-bond donors (Lipinski definition) is 1. The van der Waals surface area contributed by atoms with Crippen LogP contribution in [0.15, 0.2) is 12.1 Å². The maximum absolute atomic E-state index is 6.27. The molecular weight excluding hydrogens is 250 g/mol. The molecule has 100 valence electrons. The number of anilines is 1. The largest absolute Gasteiger partial charge is 0.493 e. The maximum atomic E-state index is 6.27. The van der Waals surface area contributed by atoms with Gasteiger partial charge < -0.3 is 14.8 Å². The van der Waals surface area contributed by atoms with Gasteiger partial charge in [-0.25, -0.2) is 0 Å². The van der Waals surface area contributed by atoms with Crippen molar-refractivity contribution < 1.29 is 9.47 Å². The van der Waals surface area contributed by atoms with Gasteiger partial charge >= 0.3 is 0 Å². The first-order chi connectivity index (χ1) is 8.65. The fourth-order valence-electron chi connectivity index (χ4n) is 2.52. The quantitative estimate of drug-likeness (QED) is 0.898. The molecule has 0 spiro atoms. The average molecular weight is 270 g/mol. The maximum Gasteiger partial charge on any atom is 0.162 e. The van der Waals surface area contributed by atoms with Crippen molar-refractivity contribution in [3.05, 3.63) is 17.2 Å². The van der Waals surface area contributed by atoms with Gasteiger partial charge in [0, 0.05) is 18.2 Å². The molecule has 0 aliphatic heterocycles. The third-order valence-corrected chi connectivity index (χ3v) is 3.99. The highest BCUT2D eigenvalue weighted by Crippen LogP contribution is 2.38. The molecule has 0 heterocycles. The summed E-state index contributed by atoms with van der Waals surface area (Å²) in [6.07, 6.45) is 3.76. The molecule has 0 aromatic heterocycles. The van der Waals surface area contributed by atoms with E-state index in [2.05, 4.69) is 12.2 Å². The molecule has 2 rings (SSSR count). The van der Waals surface area contributed by atoms with E-state index in [4.69, 9.17) is 21.1 Å². The van der Waals surface area contributed by atoms with E-state index >= 15 is 0 Å². The minimum Gasteiger partial charge on any atom is -0.493 e. The van der Waals surface area contributed by atoms with Crippen molar-refractivity contribution in [2.45, 2.75) is 32.2 Å². The molecule has 1 aromatic rings. The summed E-state index contributed by atoms with van der Waals surface area (Å²) in [5.74, 6) is 2.05. The standard InChI is InChI=1S/C14H20ClNO2/c1-9-5-4-6-11(9)16-12-8-14(18-3)13(17-2)7-10(12)15/h7-9,11,16H,4-6H2,1-3H3. The molecule has 1 saturated carbocycles. The molecule has 3 nitrogen and oxygen atoms in total. The number of methoxy groups -OCH3 is 2. The van der Waals surface area contributed by atoms with Gasteiger partial charge in [-0.1, -0.05) is 24.9 Å². The second-order valence-electron chi connectivity index (χ2n) is 4.85. The Morgan fingerprint density at radius 1 is 1.17 bits per heavy atom. The summed E-state index contributed by atoms with van der Waals surface area (Å²) in [6, 6.07) is 4.20. The molecule has 4 heteroatoms. The number of hydrogen-bond acceptors (Lipinski definition) is 3. The van der Waals surface area contributed by atoms with Crippen molar-refractivity contribution in [3.8, 4) is 11.5 Å². The van der Waals surface area contributed by atoms with Crippen LogP contribution in [0.3, 0.4) is 0 Å². The van der Waals surface area contributed by atoms with Crippen LogP contribution in [0.4, 0.5) is 5.69 Å². The van der Waals surface area contributed by atoms with Gasteiger partial charge in [0.25, 0.3) is 0 Å². The number of ether oxygens (including phenoxy) is 2. The van der Waals surface area contributed by atoms with Gasteiger partial charge in [0.2, 0.25) is 0 Å². The molecule has 0 saturated heterocycles. The third kappa shape index (κ3) is 2.66. The highest BCUT2D eigenvalue weighted by Gasteiger charge is 2.24. The number of benzene rings is 1. The number of rotatable bonds is 4. The van der Waals surface area contributed by atoms with Gasteiger partial charge in [-0.05, 0) is 18.8 Å². The number of halogens is 1. The predicted molar refractivity (Wildman–Crippen MR) is 75.0 cm³/mol. The SMILES string of the molecule is COc1cc(Cl)c(NC2CCCC2C)cc1OC. The van der Waals surface area contributed by atoms with E-state index in [1.807, 2.05) is 6.07 Å². The Morgan fingerprint density at radius 3 is 2.39 bits per heavy atom. The Balaban J connectivity index is 2.22. The molecule has 18 heavy (non-hydrogen) atoms. The zero-order chi connectivity index (χ0) is 13.1. The molecule has 1 aliphatic rings. The lowest BCUT2D eigenvalue weighted by Crippen LogP contribution is -2.21. The van der Waals surface area contributed by atoms with Crippen molar-refractivity contribution in [2.24, 2.45) is 5.92 Å². The summed E-state index contributed by atoms with van der Waals surface area (Å²) in [5, 5.41) is 4.19. The zero-order valence-corrected chi connectivity index (χ0v) is 11.9. The molecule has 0 radical (unpaired) electrons. The minimum atomic E-state index is 0.501. The van der Waals surface area contributed by atoms with Gasteiger partial charge in [-0.2, -0.15) is 0 Å². The number of nitrogens with one attached hydrogen (secondary N) is 1. The van der Waals surface area contributed by atoms with Crippen LogP contribution >= 0.6 is 11.6 Å². The summed E-state index contributed by atoms with van der Waals surface area (Å²) < 4.78 is 10.5. The second kappa shape index (κ2) is 5.70. The third-order valence-electron chi connectivity index (χ3n) is 3.68. The highest BCUT2D eigenvalue weighted by molar-refractivity contribution is 6.33. The van der Waals surface area contributed by atoms with Crippen LogP contribution < -0.4 is 14.8 Å². The minimum absolute atomic E-state index is 0.501. The molecule has 2 atom stereocenters. The first-order valence-corrected chi connectivity index (χ1v) is 6.71. The summed E-state index contributed by atoms with van der Waals surface area (Å²) in [5.41, 5.74) is 0.924. The molecule has 1 fully saturated rings. The Labute approximate surface area is 113 Å². The summed E-state index contributed by atoms with van der Waals surface area (Å²) in [7, 11) is 3.24. The van der Waals surface area contributed by atoms with Crippen LogP contribution in [0.25, 0.3) is 0 Å². The first-order valence-electron chi connectivity index (χ1n) is 6.33. The topological polar surface area (TPSA) is 30.5 Å². The van der Waals surface area contributed by atoms with Crippen LogP contribution in [0.2, 0.25) is 5.02 Å². The molecular formula is C14H20ClNO2. The summed E-state index contributed by atoms with van der Waals surface area (Å²) in [6.45, 7) is 2.28. The average Bonchev–Trinajstić information content (AvgIpc) is 2.77. The Bertz CT molecular complexity index is 423. The lowest BCUT2D eigenvalue weighted by Gasteiger charge is -2.20. The first kappa shape index (κ1) is 13.3. The fraction of sp³-hybridized carbons (Fsp3) is 0.571. The van der Waals surface area contributed by atoms with Crippen LogP contribution in [0.1, 0.15) is 26.2 Å². The van der Waals surface area contributed by atoms with Crippen molar-refractivity contribution in [1.82, 2.24) is 0 Å². The molecule has 1 aromatic carbocycles. The second-order valence-corrected chi connectivity index (χ2v) is 5.25. The molecule has 1 aliphatic carbocycles. The van der Waals surface area contributed by atoms with Crippen molar-refractivity contribution in [1.29, 1.82) is 0 Å². The lowest BCUT2D eigenvalue weighted by atomic mass is 10.1. The summed E-state index contributed by atoms with van der Waals surface area (Å²) in [4.78, 5) is 0. The molecule has 1 N–H and O–H groups in total. The highest BCUT2D eigenvalue weighted by atomic mass is 35.5. The molecule has 0 amide bonds. The van der Waals surface area contributed by atoms with Gasteiger partial charge in [-0.15, -0.1) is 0 Å².